The summed E-state index contributed by atoms with van der Waals surface area (Å²) in [6, 6.07) is 8.39. The van der Waals surface area contributed by atoms with Crippen LogP contribution in [0.4, 0.5) is 4.79 Å². The van der Waals surface area contributed by atoms with Crippen molar-refractivity contribution in [2.45, 2.75) is 71.6 Å². The van der Waals surface area contributed by atoms with Gasteiger partial charge in [-0.2, -0.15) is 0 Å². The molecule has 1 aromatic rings. The largest absolute Gasteiger partial charge is 0.496 e. The molecule has 142 valence electrons. The van der Waals surface area contributed by atoms with Crippen molar-refractivity contribution in [1.82, 2.24) is 10.6 Å². The van der Waals surface area contributed by atoms with Gasteiger partial charge in [-0.15, -0.1) is 0 Å². The molecule has 1 unspecified atom stereocenters. The standard InChI is InChI=1S/C20H34N2O3/c1-15(14-16-10-8-9-11-17(16)24-7)21-13-12-20(5,6)22-18(23)25-19(2,3)4/h8-11,15,21H,12-14H2,1-7H3,(H,22,23). The summed E-state index contributed by atoms with van der Waals surface area (Å²) in [4.78, 5) is 11.9. The second kappa shape index (κ2) is 9.09. The van der Waals surface area contributed by atoms with Crippen molar-refractivity contribution >= 4 is 6.09 Å². The molecule has 2 N–H and O–H groups in total. The third-order valence-corrected chi connectivity index (χ3v) is 3.80. The Bertz CT molecular complexity index is 550. The summed E-state index contributed by atoms with van der Waals surface area (Å²) in [6.45, 7) is 12.6. The van der Waals surface area contributed by atoms with E-state index >= 15 is 0 Å². The van der Waals surface area contributed by atoms with Crippen LogP contribution < -0.4 is 15.4 Å². The number of carbonyl (C=O) groups excluding carboxylic acids is 1. The first-order chi connectivity index (χ1) is 11.5. The van der Waals surface area contributed by atoms with E-state index in [0.29, 0.717) is 6.04 Å². The maximum Gasteiger partial charge on any atom is 0.408 e. The van der Waals surface area contributed by atoms with Crippen LogP contribution in [0.5, 0.6) is 5.75 Å². The molecule has 0 bridgehead atoms. The lowest BCUT2D eigenvalue weighted by Crippen LogP contribution is -2.47. The highest BCUT2D eigenvalue weighted by atomic mass is 16.6. The predicted molar refractivity (Wildman–Crippen MR) is 102 cm³/mol. The van der Waals surface area contributed by atoms with Gasteiger partial charge in [0, 0.05) is 11.6 Å². The van der Waals surface area contributed by atoms with Gasteiger partial charge in [-0.3, -0.25) is 0 Å². The molecule has 1 aromatic carbocycles. The van der Waals surface area contributed by atoms with Gasteiger partial charge >= 0.3 is 6.09 Å². The molecule has 0 saturated carbocycles. The Morgan fingerprint density at radius 1 is 1.16 bits per heavy atom. The summed E-state index contributed by atoms with van der Waals surface area (Å²) in [5, 5.41) is 6.45. The summed E-state index contributed by atoms with van der Waals surface area (Å²) < 4.78 is 10.7. The molecule has 5 nitrogen and oxygen atoms in total. The molecule has 0 saturated heterocycles. The van der Waals surface area contributed by atoms with Crippen molar-refractivity contribution in [1.29, 1.82) is 0 Å². The fraction of sp³-hybridized carbons (Fsp3) is 0.650. The van der Waals surface area contributed by atoms with E-state index < -0.39 is 5.60 Å². The van der Waals surface area contributed by atoms with Gasteiger partial charge in [0.1, 0.15) is 11.4 Å². The Labute approximate surface area is 152 Å². The first kappa shape index (κ1) is 21.3. The van der Waals surface area contributed by atoms with Gasteiger partial charge in [-0.1, -0.05) is 18.2 Å². The number of hydrogen-bond acceptors (Lipinski definition) is 4. The molecule has 0 heterocycles. The third-order valence-electron chi connectivity index (χ3n) is 3.80. The van der Waals surface area contributed by atoms with Gasteiger partial charge in [0.15, 0.2) is 0 Å². The number of amides is 1. The van der Waals surface area contributed by atoms with E-state index in [2.05, 4.69) is 23.6 Å². The molecular weight excluding hydrogens is 316 g/mol. The number of carbonyl (C=O) groups is 1. The maximum atomic E-state index is 11.9. The predicted octanol–water partition coefficient (Wildman–Crippen LogP) is 3.91. The van der Waals surface area contributed by atoms with Crippen LogP contribution in [0.1, 0.15) is 53.5 Å². The van der Waals surface area contributed by atoms with Crippen LogP contribution in [0.3, 0.4) is 0 Å². The Morgan fingerprint density at radius 2 is 1.80 bits per heavy atom. The fourth-order valence-electron chi connectivity index (χ4n) is 2.55. The average Bonchev–Trinajstić information content (AvgIpc) is 2.44. The van der Waals surface area contributed by atoms with E-state index in [0.717, 1.165) is 25.1 Å². The van der Waals surface area contributed by atoms with Crippen molar-refractivity contribution < 1.29 is 14.3 Å². The first-order valence-corrected chi connectivity index (χ1v) is 8.89. The molecule has 25 heavy (non-hydrogen) atoms. The van der Waals surface area contributed by atoms with Gasteiger partial charge in [0.05, 0.1) is 7.11 Å². The molecule has 0 aliphatic heterocycles. The first-order valence-electron chi connectivity index (χ1n) is 8.89. The van der Waals surface area contributed by atoms with Crippen molar-refractivity contribution in [3.8, 4) is 5.75 Å². The van der Waals surface area contributed by atoms with Gasteiger partial charge in [0.2, 0.25) is 0 Å². The quantitative estimate of drug-likeness (QED) is 0.746. The number of para-hydroxylation sites is 1. The van der Waals surface area contributed by atoms with E-state index in [1.54, 1.807) is 7.11 Å². The second-order valence-electron chi connectivity index (χ2n) is 8.13. The number of alkyl carbamates (subject to hydrolysis) is 1. The van der Waals surface area contributed by atoms with E-state index in [9.17, 15) is 4.79 Å². The molecule has 1 atom stereocenters. The topological polar surface area (TPSA) is 59.6 Å². The lowest BCUT2D eigenvalue weighted by molar-refractivity contribution is 0.0468. The Kier molecular flexibility index (Phi) is 7.74. The number of nitrogens with one attached hydrogen (secondary N) is 2. The highest BCUT2D eigenvalue weighted by Gasteiger charge is 2.24. The van der Waals surface area contributed by atoms with Gasteiger partial charge < -0.3 is 20.1 Å². The molecule has 0 spiro atoms. The van der Waals surface area contributed by atoms with Crippen molar-refractivity contribution in [3.63, 3.8) is 0 Å². The minimum absolute atomic E-state index is 0.314. The summed E-state index contributed by atoms with van der Waals surface area (Å²) >= 11 is 0. The van der Waals surface area contributed by atoms with Crippen molar-refractivity contribution in [2.24, 2.45) is 0 Å². The number of ether oxygens (including phenoxy) is 2. The minimum Gasteiger partial charge on any atom is -0.496 e. The van der Waals surface area contributed by atoms with E-state index in [-0.39, 0.29) is 11.6 Å². The number of methoxy groups -OCH3 is 1. The Balaban J connectivity index is 2.40. The Hall–Kier alpha value is -1.75. The van der Waals surface area contributed by atoms with Gasteiger partial charge in [-0.25, -0.2) is 4.79 Å². The molecule has 1 rings (SSSR count). The fourth-order valence-corrected chi connectivity index (χ4v) is 2.55. The summed E-state index contributed by atoms with van der Waals surface area (Å²) in [5.41, 5.74) is 0.373. The lowest BCUT2D eigenvalue weighted by Gasteiger charge is -2.29. The highest BCUT2D eigenvalue weighted by molar-refractivity contribution is 5.68. The smallest absolute Gasteiger partial charge is 0.408 e. The summed E-state index contributed by atoms with van der Waals surface area (Å²) in [7, 11) is 1.70. The molecule has 0 aromatic heterocycles. The van der Waals surface area contributed by atoms with Crippen LogP contribution in [0.2, 0.25) is 0 Å². The van der Waals surface area contributed by atoms with E-state index in [4.69, 9.17) is 9.47 Å². The summed E-state index contributed by atoms with van der Waals surface area (Å²) in [6.07, 6.45) is 1.33. The molecule has 0 fully saturated rings. The van der Waals surface area contributed by atoms with Gasteiger partial charge in [0.25, 0.3) is 0 Å². The minimum atomic E-state index is -0.484. The Morgan fingerprint density at radius 3 is 2.40 bits per heavy atom. The summed E-state index contributed by atoms with van der Waals surface area (Å²) in [5.74, 6) is 0.920. The number of rotatable bonds is 8. The highest BCUT2D eigenvalue weighted by Crippen LogP contribution is 2.19. The van der Waals surface area contributed by atoms with Crippen molar-refractivity contribution in [2.75, 3.05) is 13.7 Å². The molecular formula is C20H34N2O3. The van der Waals surface area contributed by atoms with Crippen LogP contribution in [-0.4, -0.2) is 36.9 Å². The zero-order valence-electron chi connectivity index (χ0n) is 16.7. The molecule has 5 heteroatoms. The van der Waals surface area contributed by atoms with Crippen LogP contribution in [0.15, 0.2) is 24.3 Å². The maximum absolute atomic E-state index is 11.9. The zero-order valence-corrected chi connectivity index (χ0v) is 16.7. The molecule has 0 radical (unpaired) electrons. The average molecular weight is 351 g/mol. The lowest BCUT2D eigenvalue weighted by atomic mass is 10.0. The second-order valence-corrected chi connectivity index (χ2v) is 8.13. The van der Waals surface area contributed by atoms with E-state index in [1.807, 2.05) is 52.8 Å². The van der Waals surface area contributed by atoms with Crippen LogP contribution in [0.25, 0.3) is 0 Å². The van der Waals surface area contributed by atoms with Crippen LogP contribution >= 0.6 is 0 Å². The number of hydrogen-bond donors (Lipinski definition) is 2. The van der Waals surface area contributed by atoms with Crippen molar-refractivity contribution in [3.05, 3.63) is 29.8 Å². The monoisotopic (exact) mass is 350 g/mol. The van der Waals surface area contributed by atoms with Gasteiger partial charge in [-0.05, 0) is 72.6 Å². The zero-order chi connectivity index (χ0) is 19.1. The SMILES string of the molecule is COc1ccccc1CC(C)NCCC(C)(C)NC(=O)OC(C)(C)C. The third kappa shape index (κ3) is 8.77. The van der Waals surface area contributed by atoms with E-state index in [1.165, 1.54) is 5.56 Å². The van der Waals surface area contributed by atoms with Crippen LogP contribution in [-0.2, 0) is 11.2 Å². The molecule has 1 amide bonds. The molecule has 0 aliphatic carbocycles. The van der Waals surface area contributed by atoms with Crippen LogP contribution in [0, 0.1) is 0 Å². The number of benzene rings is 1. The molecule has 0 aliphatic rings. The normalized spacial score (nSPS) is 13.2.